The van der Waals surface area contributed by atoms with Crippen molar-refractivity contribution in [2.24, 2.45) is 10.3 Å². The Kier molecular flexibility index (Phi) is 11.5. The standard InChI is InChI=1S/C32H28N12O10S4/c33-55(45,46)25-11-7-21(8-12-25)39-29-35-17-37-31(43-29)41-23-5-3-19(27(15-23)57(49,50)51)1-2-20-4-6-24(16-28(20)58(52,53)54)42-32-38-18-36-30(44-32)40-22-9-13-26(14-10-22)56(34,47)48/h1-18H,(H2,33,45,46)(H2,34,47,48)(H,49,50,51)(H,52,53,54)(H2,35,37,39,41,43)(H2,36,38,40,42,44)/b2-1+. The number of nitrogens with zero attached hydrogens (tertiary/aromatic N) is 6. The minimum atomic E-state index is -4.87. The molecule has 22 nitrogen and oxygen atoms in total. The van der Waals surface area contributed by atoms with E-state index >= 15 is 0 Å². The average molecular weight is 869 g/mol. The first-order chi connectivity index (χ1) is 27.2. The Morgan fingerprint density at radius 3 is 1.03 bits per heavy atom. The van der Waals surface area contributed by atoms with Gasteiger partial charge in [0.05, 0.1) is 9.79 Å². The van der Waals surface area contributed by atoms with E-state index in [1.165, 1.54) is 84.9 Å². The van der Waals surface area contributed by atoms with Crippen LogP contribution < -0.4 is 31.5 Å². The Balaban J connectivity index is 1.19. The Hall–Kier alpha value is -6.52. The molecule has 0 fully saturated rings. The molecule has 0 unspecified atom stereocenters. The topological polar surface area (TPSA) is 355 Å². The molecule has 0 spiro atoms. The first kappa shape index (κ1) is 41.1. The molecule has 10 N–H and O–H groups in total. The van der Waals surface area contributed by atoms with E-state index in [9.17, 15) is 42.8 Å². The summed E-state index contributed by atoms with van der Waals surface area (Å²) in [4.78, 5) is 23.0. The van der Waals surface area contributed by atoms with Gasteiger partial charge in [-0.3, -0.25) is 9.11 Å². The van der Waals surface area contributed by atoms with E-state index in [-0.39, 0.29) is 56.1 Å². The molecule has 0 aliphatic carbocycles. The van der Waals surface area contributed by atoms with Gasteiger partial charge in [0, 0.05) is 22.7 Å². The first-order valence-electron chi connectivity index (χ1n) is 15.8. The zero-order chi connectivity index (χ0) is 41.9. The third-order valence-electron chi connectivity index (χ3n) is 7.56. The van der Waals surface area contributed by atoms with Gasteiger partial charge in [-0.1, -0.05) is 24.3 Å². The molecule has 0 aliphatic heterocycles. The molecule has 2 heterocycles. The summed E-state index contributed by atoms with van der Waals surface area (Å²) in [5.74, 6) is -0.0175. The van der Waals surface area contributed by atoms with Gasteiger partial charge in [0.2, 0.25) is 43.8 Å². The van der Waals surface area contributed by atoms with Gasteiger partial charge in [0.1, 0.15) is 22.4 Å². The Labute approximate surface area is 330 Å². The highest BCUT2D eigenvalue weighted by molar-refractivity contribution is 7.89. The highest BCUT2D eigenvalue weighted by Gasteiger charge is 2.19. The number of primary sulfonamides is 2. The summed E-state index contributed by atoms with van der Waals surface area (Å²) in [6.45, 7) is 0. The summed E-state index contributed by atoms with van der Waals surface area (Å²) in [6, 6.07) is 18.5. The van der Waals surface area contributed by atoms with Gasteiger partial charge < -0.3 is 21.3 Å². The molecule has 4 aromatic carbocycles. The van der Waals surface area contributed by atoms with Crippen molar-refractivity contribution < 1.29 is 42.8 Å². The summed E-state index contributed by atoms with van der Waals surface area (Å²) in [5, 5.41) is 21.5. The third-order valence-corrected chi connectivity index (χ3v) is 11.2. The fourth-order valence-electron chi connectivity index (χ4n) is 4.93. The van der Waals surface area contributed by atoms with Gasteiger partial charge in [-0.05, 0) is 83.9 Å². The van der Waals surface area contributed by atoms with E-state index in [0.29, 0.717) is 11.4 Å². The number of hydrogen-bond acceptors (Lipinski definition) is 18. The molecule has 0 radical (unpaired) electrons. The van der Waals surface area contributed by atoms with Crippen molar-refractivity contribution in [1.29, 1.82) is 0 Å². The number of sulfonamides is 2. The van der Waals surface area contributed by atoms with Crippen molar-refractivity contribution in [3.05, 3.63) is 109 Å². The minimum absolute atomic E-state index is 0.0361. The number of rotatable bonds is 14. The lowest BCUT2D eigenvalue weighted by atomic mass is 10.1. The Morgan fingerprint density at radius 2 is 0.741 bits per heavy atom. The van der Waals surface area contributed by atoms with Gasteiger partial charge in [-0.25, -0.2) is 47.0 Å². The third kappa shape index (κ3) is 10.7. The second-order valence-electron chi connectivity index (χ2n) is 11.7. The largest absolute Gasteiger partial charge is 0.324 e. The van der Waals surface area contributed by atoms with Gasteiger partial charge in [0.15, 0.2) is 0 Å². The lowest BCUT2D eigenvalue weighted by Gasteiger charge is -2.11. The number of anilines is 8. The molecule has 0 amide bonds. The van der Waals surface area contributed by atoms with Crippen LogP contribution in [0.15, 0.2) is 117 Å². The molecule has 0 aliphatic rings. The van der Waals surface area contributed by atoms with E-state index in [1.54, 1.807) is 0 Å². The maximum absolute atomic E-state index is 12.4. The highest BCUT2D eigenvalue weighted by atomic mass is 32.2. The van der Waals surface area contributed by atoms with Crippen LogP contribution in [0.4, 0.5) is 46.5 Å². The molecule has 58 heavy (non-hydrogen) atoms. The molecular formula is C32H28N12O10S4. The van der Waals surface area contributed by atoms with E-state index < -0.39 is 50.1 Å². The summed E-state index contributed by atoms with van der Waals surface area (Å²) < 4.78 is 116. The second kappa shape index (κ2) is 16.1. The van der Waals surface area contributed by atoms with E-state index in [1.807, 2.05) is 0 Å². The Morgan fingerprint density at radius 1 is 0.448 bits per heavy atom. The van der Waals surface area contributed by atoms with Crippen LogP contribution in [-0.2, 0) is 40.3 Å². The lowest BCUT2D eigenvalue weighted by molar-refractivity contribution is 0.480. The number of nitrogens with two attached hydrogens (primary N) is 2. The Bertz CT molecular complexity index is 2810. The molecule has 6 rings (SSSR count). The van der Waals surface area contributed by atoms with Crippen molar-refractivity contribution in [2.45, 2.75) is 19.6 Å². The number of benzene rings is 4. The zero-order valence-electron chi connectivity index (χ0n) is 29.0. The minimum Gasteiger partial charge on any atom is -0.324 e. The monoisotopic (exact) mass is 868 g/mol. The molecule has 0 bridgehead atoms. The fourth-order valence-corrected chi connectivity index (χ4v) is 7.38. The highest BCUT2D eigenvalue weighted by Crippen LogP contribution is 2.28. The maximum Gasteiger partial charge on any atom is 0.295 e. The quantitative estimate of drug-likeness (QED) is 0.0576. The molecule has 26 heteroatoms. The molecule has 0 atom stereocenters. The van der Waals surface area contributed by atoms with E-state index in [0.717, 1.165) is 24.8 Å². The maximum atomic E-state index is 12.4. The summed E-state index contributed by atoms with van der Waals surface area (Å²) in [5.41, 5.74) is 0.927. The molecule has 6 aromatic rings. The van der Waals surface area contributed by atoms with Crippen molar-refractivity contribution in [3.63, 3.8) is 0 Å². The molecule has 2 aromatic heterocycles. The summed E-state index contributed by atoms with van der Waals surface area (Å²) in [7, 11) is -17.5. The predicted molar refractivity (Wildman–Crippen MR) is 210 cm³/mol. The van der Waals surface area contributed by atoms with Crippen LogP contribution in [0.2, 0.25) is 0 Å². The molecule has 300 valence electrons. The average Bonchev–Trinajstić information content (AvgIpc) is 3.14. The van der Waals surface area contributed by atoms with Crippen LogP contribution in [0, 0.1) is 0 Å². The normalized spacial score (nSPS) is 12.3. The van der Waals surface area contributed by atoms with Crippen LogP contribution >= 0.6 is 0 Å². The van der Waals surface area contributed by atoms with Crippen molar-refractivity contribution in [1.82, 2.24) is 29.9 Å². The van der Waals surface area contributed by atoms with Crippen LogP contribution in [0.25, 0.3) is 12.2 Å². The number of aromatic nitrogens is 6. The number of hydrogen-bond donors (Lipinski definition) is 8. The summed E-state index contributed by atoms with van der Waals surface area (Å²) in [6.07, 6.45) is 4.70. The second-order valence-corrected chi connectivity index (χ2v) is 17.6. The van der Waals surface area contributed by atoms with Gasteiger partial charge in [0.25, 0.3) is 20.2 Å². The predicted octanol–water partition coefficient (Wildman–Crippen LogP) is 2.99. The number of nitrogens with one attached hydrogen (secondary N) is 4. The zero-order valence-corrected chi connectivity index (χ0v) is 32.3. The van der Waals surface area contributed by atoms with E-state index in [4.69, 9.17) is 10.3 Å². The fraction of sp³-hybridized carbons (Fsp3) is 0. The van der Waals surface area contributed by atoms with Crippen LogP contribution in [0.3, 0.4) is 0 Å². The molecular weight excluding hydrogens is 841 g/mol. The van der Waals surface area contributed by atoms with Gasteiger partial charge >= 0.3 is 0 Å². The van der Waals surface area contributed by atoms with Crippen LogP contribution in [0.5, 0.6) is 0 Å². The van der Waals surface area contributed by atoms with Gasteiger partial charge in [-0.15, -0.1) is 0 Å². The molecule has 0 saturated heterocycles. The van der Waals surface area contributed by atoms with E-state index in [2.05, 4.69) is 51.2 Å². The SMILES string of the molecule is NS(=O)(=O)c1ccc(Nc2ncnc(Nc3ccc(/C=C/c4ccc(Nc5ncnc(Nc6ccc(S(N)(=O)=O)cc6)n5)cc4S(=O)(=O)O)c(S(=O)(=O)O)c3)n2)cc1. The van der Waals surface area contributed by atoms with Crippen molar-refractivity contribution in [3.8, 4) is 0 Å². The van der Waals surface area contributed by atoms with Crippen molar-refractivity contribution >= 4 is 99.0 Å². The first-order valence-corrected chi connectivity index (χ1v) is 21.8. The van der Waals surface area contributed by atoms with Gasteiger partial charge in [-0.2, -0.15) is 26.8 Å². The van der Waals surface area contributed by atoms with Crippen LogP contribution in [0.1, 0.15) is 11.1 Å². The summed E-state index contributed by atoms with van der Waals surface area (Å²) >= 11 is 0. The van der Waals surface area contributed by atoms with Crippen LogP contribution in [-0.4, -0.2) is 72.7 Å². The smallest absolute Gasteiger partial charge is 0.295 e. The lowest BCUT2D eigenvalue weighted by Crippen LogP contribution is -2.12. The molecule has 0 saturated carbocycles. The van der Waals surface area contributed by atoms with Crippen molar-refractivity contribution in [2.75, 3.05) is 21.3 Å².